The first-order valence-corrected chi connectivity index (χ1v) is 10.8. The summed E-state index contributed by atoms with van der Waals surface area (Å²) in [4.78, 5) is 8.88. The van der Waals surface area contributed by atoms with E-state index in [0.29, 0.717) is 47.3 Å². The maximum atomic E-state index is 15.2. The number of benzene rings is 2. The number of nitrogens with zero attached hydrogens (tertiary/aromatic N) is 4. The maximum Gasteiger partial charge on any atom is 0.153 e. The Bertz CT molecular complexity index is 1260. The Hall–Kier alpha value is -3.56. The number of fused-ring (bicyclic) bond motifs is 1. The fourth-order valence-electron chi connectivity index (χ4n) is 4.13. The van der Waals surface area contributed by atoms with Crippen LogP contribution < -0.4 is 10.5 Å². The first kappa shape index (κ1) is 21.3. The molecule has 2 N–H and O–H groups in total. The second-order valence-electron chi connectivity index (χ2n) is 7.97. The number of ether oxygens (including phenoxy) is 3. The van der Waals surface area contributed by atoms with E-state index < -0.39 is 5.82 Å². The average molecular weight is 449 g/mol. The fraction of sp³-hybridized carbons (Fsp3) is 0.292. The van der Waals surface area contributed by atoms with Crippen molar-refractivity contribution in [1.82, 2.24) is 19.6 Å². The van der Waals surface area contributed by atoms with Crippen molar-refractivity contribution in [3.63, 3.8) is 0 Å². The molecule has 0 bridgehead atoms. The van der Waals surface area contributed by atoms with E-state index >= 15 is 4.39 Å². The monoisotopic (exact) mass is 449 g/mol. The Morgan fingerprint density at radius 1 is 1.15 bits per heavy atom. The Morgan fingerprint density at radius 3 is 2.73 bits per heavy atom. The molecule has 0 aliphatic carbocycles. The second-order valence-corrected chi connectivity index (χ2v) is 7.97. The summed E-state index contributed by atoms with van der Waals surface area (Å²) in [5.41, 5.74) is 7.34. The van der Waals surface area contributed by atoms with Gasteiger partial charge in [0.05, 0.1) is 19.3 Å². The molecule has 0 amide bonds. The van der Waals surface area contributed by atoms with E-state index in [1.165, 1.54) is 12.4 Å². The van der Waals surface area contributed by atoms with Crippen LogP contribution in [0.1, 0.15) is 24.6 Å². The van der Waals surface area contributed by atoms with Crippen molar-refractivity contribution in [3.8, 4) is 22.8 Å². The van der Waals surface area contributed by atoms with Crippen LogP contribution in [0, 0.1) is 5.82 Å². The summed E-state index contributed by atoms with van der Waals surface area (Å²) < 4.78 is 33.8. The molecule has 1 aliphatic heterocycles. The van der Waals surface area contributed by atoms with Gasteiger partial charge in [0.1, 0.15) is 40.7 Å². The normalized spacial score (nSPS) is 18.5. The van der Waals surface area contributed by atoms with Crippen LogP contribution in [0.15, 0.2) is 54.9 Å². The topological polar surface area (TPSA) is 96.8 Å². The highest BCUT2D eigenvalue weighted by Gasteiger charge is 2.29. The van der Waals surface area contributed by atoms with Crippen LogP contribution in [0.25, 0.3) is 16.8 Å². The smallest absolute Gasteiger partial charge is 0.153 e. The number of hydrogen-bond donors (Lipinski definition) is 1. The van der Waals surface area contributed by atoms with Crippen LogP contribution in [0.3, 0.4) is 0 Å². The molecule has 4 aromatic rings. The molecular formula is C24H24FN5O3. The van der Waals surface area contributed by atoms with Crippen LogP contribution in [0.5, 0.6) is 11.5 Å². The lowest BCUT2D eigenvalue weighted by molar-refractivity contribution is -0.0389. The summed E-state index contributed by atoms with van der Waals surface area (Å²) in [7, 11) is 1.66. The second kappa shape index (κ2) is 9.13. The van der Waals surface area contributed by atoms with E-state index in [2.05, 4.69) is 10.1 Å². The van der Waals surface area contributed by atoms with Crippen LogP contribution in [0.2, 0.25) is 0 Å². The molecule has 2 aromatic carbocycles. The van der Waals surface area contributed by atoms with Gasteiger partial charge >= 0.3 is 0 Å². The average Bonchev–Trinajstić information content (AvgIpc) is 3.21. The molecule has 0 spiro atoms. The van der Waals surface area contributed by atoms with Gasteiger partial charge in [-0.3, -0.25) is 0 Å². The Kier molecular flexibility index (Phi) is 5.89. The van der Waals surface area contributed by atoms with Gasteiger partial charge in [0.15, 0.2) is 5.82 Å². The molecular weight excluding hydrogens is 425 g/mol. The van der Waals surface area contributed by atoms with E-state index in [9.17, 15) is 0 Å². The molecule has 33 heavy (non-hydrogen) atoms. The third kappa shape index (κ3) is 4.24. The Morgan fingerprint density at radius 2 is 2.00 bits per heavy atom. The van der Waals surface area contributed by atoms with E-state index in [-0.39, 0.29) is 17.8 Å². The molecule has 1 saturated heterocycles. The standard InChI is InChI=1S/C24H24FN5O3/c1-31-13-18-8-7-15(12-32-18)24-29-21(22-23(26)27-14-28-30(22)24)19-10-9-17(11-20(19)25)33-16-5-3-2-4-6-16/h2-6,9-11,14-15,18H,7-8,12-13H2,1H3,(H2,26,27,28). The minimum absolute atomic E-state index is 0.00240. The van der Waals surface area contributed by atoms with Gasteiger partial charge < -0.3 is 19.9 Å². The highest BCUT2D eigenvalue weighted by atomic mass is 19.1. The lowest BCUT2D eigenvalue weighted by atomic mass is 9.98. The molecule has 3 heterocycles. The van der Waals surface area contributed by atoms with E-state index in [1.54, 1.807) is 23.8 Å². The lowest BCUT2D eigenvalue weighted by Crippen LogP contribution is -2.29. The fourth-order valence-corrected chi connectivity index (χ4v) is 4.13. The predicted molar refractivity (Wildman–Crippen MR) is 121 cm³/mol. The minimum Gasteiger partial charge on any atom is -0.457 e. The van der Waals surface area contributed by atoms with Gasteiger partial charge in [-0.15, -0.1) is 0 Å². The van der Waals surface area contributed by atoms with Gasteiger partial charge in [0, 0.05) is 24.7 Å². The first-order chi connectivity index (χ1) is 16.1. The zero-order valence-corrected chi connectivity index (χ0v) is 18.1. The molecule has 2 aromatic heterocycles. The maximum absolute atomic E-state index is 15.2. The molecule has 2 atom stereocenters. The van der Waals surface area contributed by atoms with Gasteiger partial charge in [-0.1, -0.05) is 18.2 Å². The summed E-state index contributed by atoms with van der Waals surface area (Å²) in [6.07, 6.45) is 3.12. The summed E-state index contributed by atoms with van der Waals surface area (Å²) in [5, 5.41) is 4.36. The minimum atomic E-state index is -0.474. The molecule has 2 unspecified atom stereocenters. The van der Waals surface area contributed by atoms with E-state index in [0.717, 1.165) is 12.8 Å². The van der Waals surface area contributed by atoms with Gasteiger partial charge in [-0.25, -0.2) is 18.9 Å². The Labute approximate surface area is 190 Å². The summed E-state index contributed by atoms with van der Waals surface area (Å²) in [6, 6.07) is 13.9. The molecule has 1 fully saturated rings. The molecule has 8 nitrogen and oxygen atoms in total. The summed E-state index contributed by atoms with van der Waals surface area (Å²) in [5.74, 6) is 1.45. The molecule has 5 rings (SSSR count). The number of nitrogens with two attached hydrogens (primary N) is 1. The number of para-hydroxylation sites is 1. The number of anilines is 1. The van der Waals surface area contributed by atoms with Gasteiger partial charge in [0.25, 0.3) is 0 Å². The van der Waals surface area contributed by atoms with Crippen molar-refractivity contribution in [2.45, 2.75) is 24.9 Å². The van der Waals surface area contributed by atoms with Crippen molar-refractivity contribution in [1.29, 1.82) is 0 Å². The first-order valence-electron chi connectivity index (χ1n) is 10.8. The third-order valence-electron chi connectivity index (χ3n) is 5.75. The van der Waals surface area contributed by atoms with Gasteiger partial charge in [-0.2, -0.15) is 5.10 Å². The van der Waals surface area contributed by atoms with Crippen molar-refractivity contribution < 1.29 is 18.6 Å². The van der Waals surface area contributed by atoms with Crippen LogP contribution >= 0.6 is 0 Å². The molecule has 170 valence electrons. The highest BCUT2D eigenvalue weighted by Crippen LogP contribution is 2.36. The zero-order chi connectivity index (χ0) is 22.8. The Balaban J connectivity index is 1.50. The lowest BCUT2D eigenvalue weighted by Gasteiger charge is -2.27. The molecule has 1 aliphatic rings. The van der Waals surface area contributed by atoms with Crippen molar-refractivity contribution >= 4 is 11.3 Å². The van der Waals surface area contributed by atoms with E-state index in [4.69, 9.17) is 24.9 Å². The van der Waals surface area contributed by atoms with Gasteiger partial charge in [0.2, 0.25) is 0 Å². The number of nitrogen functional groups attached to an aromatic ring is 1. The van der Waals surface area contributed by atoms with Crippen LogP contribution in [-0.2, 0) is 9.47 Å². The van der Waals surface area contributed by atoms with Crippen molar-refractivity contribution in [2.24, 2.45) is 0 Å². The summed E-state index contributed by atoms with van der Waals surface area (Å²) in [6.45, 7) is 1.03. The van der Waals surface area contributed by atoms with Crippen LogP contribution in [-0.4, -0.2) is 46.0 Å². The molecule has 9 heteroatoms. The number of aromatic nitrogens is 4. The zero-order valence-electron chi connectivity index (χ0n) is 18.1. The van der Waals surface area contributed by atoms with Crippen LogP contribution in [0.4, 0.5) is 10.2 Å². The molecule has 0 saturated carbocycles. The molecule has 0 radical (unpaired) electrons. The quantitative estimate of drug-likeness (QED) is 0.471. The number of methoxy groups -OCH3 is 1. The number of hydrogen-bond acceptors (Lipinski definition) is 7. The SMILES string of the molecule is COCC1CCC(c2nc(-c3ccc(Oc4ccccc4)cc3F)c3c(N)ncnn23)CO1. The van der Waals surface area contributed by atoms with Crippen molar-refractivity contribution in [2.75, 3.05) is 26.1 Å². The van der Waals surface area contributed by atoms with Gasteiger partial charge in [-0.05, 0) is 37.1 Å². The number of halogens is 1. The summed E-state index contributed by atoms with van der Waals surface area (Å²) >= 11 is 0. The third-order valence-corrected chi connectivity index (χ3v) is 5.75. The largest absolute Gasteiger partial charge is 0.457 e. The van der Waals surface area contributed by atoms with E-state index in [1.807, 2.05) is 30.3 Å². The predicted octanol–water partition coefficient (Wildman–Crippen LogP) is 4.21. The van der Waals surface area contributed by atoms with Crippen molar-refractivity contribution in [3.05, 3.63) is 66.5 Å². The number of imidazole rings is 1. The highest BCUT2D eigenvalue weighted by molar-refractivity contribution is 5.85. The number of rotatable bonds is 6.